The number of unbranched alkanes of at least 4 members (excludes halogenated alkanes) is 2. The molecular weight excluding hydrogens is 350 g/mol. The van der Waals surface area contributed by atoms with E-state index in [1.54, 1.807) is 11.8 Å². The molecule has 0 aromatic heterocycles. The van der Waals surface area contributed by atoms with E-state index in [1.165, 1.54) is 56.3 Å². The van der Waals surface area contributed by atoms with Crippen molar-refractivity contribution in [3.63, 3.8) is 0 Å². The third-order valence-corrected chi connectivity index (χ3v) is 6.50. The smallest absolute Gasteiger partial charge is 0.232 e. The Hall–Kier alpha value is -0.960. The van der Waals surface area contributed by atoms with Crippen LogP contribution in [0.4, 0.5) is 0 Å². The Bertz CT molecular complexity index is 472. The second kappa shape index (κ2) is 15.0. The van der Waals surface area contributed by atoms with Gasteiger partial charge in [-0.3, -0.25) is 4.79 Å². The zero-order valence-electron chi connectivity index (χ0n) is 18.1. The molecule has 3 heteroatoms. The van der Waals surface area contributed by atoms with E-state index in [0.29, 0.717) is 23.5 Å². The van der Waals surface area contributed by atoms with Crippen LogP contribution in [0.1, 0.15) is 79.1 Å². The summed E-state index contributed by atoms with van der Waals surface area (Å²) in [6.45, 7) is 10.9. The summed E-state index contributed by atoms with van der Waals surface area (Å²) in [5.74, 6) is 2.14. The van der Waals surface area contributed by atoms with E-state index in [2.05, 4.69) is 44.7 Å². The van der Waals surface area contributed by atoms with Crippen LogP contribution < -0.4 is 0 Å². The lowest BCUT2D eigenvalue weighted by Crippen LogP contribution is -2.40. The zero-order chi connectivity index (χ0) is 19.9. The van der Waals surface area contributed by atoms with Crippen molar-refractivity contribution in [3.8, 4) is 0 Å². The Labute approximate surface area is 172 Å². The number of carbonyl (C=O) groups is 1. The van der Waals surface area contributed by atoms with Crippen molar-refractivity contribution in [1.29, 1.82) is 0 Å². The molecule has 154 valence electrons. The molecule has 1 rings (SSSR count). The molecule has 0 aliphatic rings. The normalized spacial score (nSPS) is 13.3. The van der Waals surface area contributed by atoms with Gasteiger partial charge in [-0.2, -0.15) is 0 Å². The van der Waals surface area contributed by atoms with Crippen molar-refractivity contribution >= 4 is 17.7 Å². The number of hydrogen-bond donors (Lipinski definition) is 0. The zero-order valence-corrected chi connectivity index (χ0v) is 18.9. The van der Waals surface area contributed by atoms with Crippen LogP contribution in [0.3, 0.4) is 0 Å². The molecule has 0 bridgehead atoms. The molecule has 0 N–H and O–H groups in total. The van der Waals surface area contributed by atoms with Gasteiger partial charge in [0, 0.05) is 18.0 Å². The van der Waals surface area contributed by atoms with Gasteiger partial charge in [0.25, 0.3) is 0 Å². The molecule has 1 amide bonds. The standard InChI is InChI=1S/C24H41NOS/c1-5-9-14-21(7-3)18-25(19-22(8-4)15-10-6-2)24(26)20-27-23-16-12-11-13-17-23/h11-13,16-17,21-22H,5-10,14-15,18-20H2,1-4H3. The Morgan fingerprint density at radius 2 is 1.41 bits per heavy atom. The van der Waals surface area contributed by atoms with Crippen molar-refractivity contribution in [2.75, 3.05) is 18.8 Å². The number of carbonyl (C=O) groups excluding carboxylic acids is 1. The predicted molar refractivity (Wildman–Crippen MR) is 120 cm³/mol. The van der Waals surface area contributed by atoms with Gasteiger partial charge in [-0.25, -0.2) is 0 Å². The molecule has 0 radical (unpaired) electrons. The summed E-state index contributed by atoms with van der Waals surface area (Å²) in [5.41, 5.74) is 0. The highest BCUT2D eigenvalue weighted by molar-refractivity contribution is 8.00. The van der Waals surface area contributed by atoms with Gasteiger partial charge in [0.15, 0.2) is 0 Å². The van der Waals surface area contributed by atoms with Gasteiger partial charge in [-0.1, -0.05) is 84.4 Å². The predicted octanol–water partition coefficient (Wildman–Crippen LogP) is 7.04. The average molecular weight is 392 g/mol. The highest BCUT2D eigenvalue weighted by Gasteiger charge is 2.21. The molecule has 0 saturated carbocycles. The van der Waals surface area contributed by atoms with Gasteiger partial charge in [0.05, 0.1) is 5.75 Å². The van der Waals surface area contributed by atoms with E-state index in [4.69, 9.17) is 0 Å². The summed E-state index contributed by atoms with van der Waals surface area (Å²) in [5, 5.41) is 0. The molecule has 0 fully saturated rings. The first-order valence-electron chi connectivity index (χ1n) is 11.1. The number of benzene rings is 1. The van der Waals surface area contributed by atoms with E-state index in [0.717, 1.165) is 13.1 Å². The van der Waals surface area contributed by atoms with Crippen LogP contribution in [0.2, 0.25) is 0 Å². The maximum atomic E-state index is 13.1. The van der Waals surface area contributed by atoms with E-state index < -0.39 is 0 Å². The van der Waals surface area contributed by atoms with Crippen molar-refractivity contribution in [3.05, 3.63) is 30.3 Å². The Morgan fingerprint density at radius 3 is 1.85 bits per heavy atom. The largest absolute Gasteiger partial charge is 0.341 e. The molecule has 1 aromatic carbocycles. The van der Waals surface area contributed by atoms with Crippen LogP contribution in [0.25, 0.3) is 0 Å². The summed E-state index contributed by atoms with van der Waals surface area (Å²) < 4.78 is 0. The molecule has 2 unspecified atom stereocenters. The lowest BCUT2D eigenvalue weighted by molar-refractivity contribution is -0.129. The lowest BCUT2D eigenvalue weighted by atomic mass is 9.95. The van der Waals surface area contributed by atoms with Crippen LogP contribution in [0.15, 0.2) is 35.2 Å². The van der Waals surface area contributed by atoms with Crippen LogP contribution in [0.5, 0.6) is 0 Å². The first-order valence-corrected chi connectivity index (χ1v) is 12.1. The Morgan fingerprint density at radius 1 is 0.889 bits per heavy atom. The van der Waals surface area contributed by atoms with Crippen LogP contribution in [-0.2, 0) is 4.79 Å². The molecular formula is C24H41NOS. The van der Waals surface area contributed by atoms with Crippen molar-refractivity contribution in [1.82, 2.24) is 4.90 Å². The van der Waals surface area contributed by atoms with Gasteiger partial charge in [0.1, 0.15) is 0 Å². The summed E-state index contributed by atoms with van der Waals surface area (Å²) in [6, 6.07) is 10.3. The van der Waals surface area contributed by atoms with E-state index in [-0.39, 0.29) is 0 Å². The topological polar surface area (TPSA) is 20.3 Å². The maximum Gasteiger partial charge on any atom is 0.232 e. The molecule has 0 spiro atoms. The van der Waals surface area contributed by atoms with Gasteiger partial charge in [-0.05, 0) is 36.8 Å². The minimum Gasteiger partial charge on any atom is -0.341 e. The minimum absolute atomic E-state index is 0.314. The molecule has 27 heavy (non-hydrogen) atoms. The number of rotatable bonds is 15. The summed E-state index contributed by atoms with van der Waals surface area (Å²) in [6.07, 6.45) is 9.84. The van der Waals surface area contributed by atoms with E-state index >= 15 is 0 Å². The fourth-order valence-electron chi connectivity index (χ4n) is 3.49. The van der Waals surface area contributed by atoms with Crippen LogP contribution in [0, 0.1) is 11.8 Å². The van der Waals surface area contributed by atoms with Crippen LogP contribution >= 0.6 is 11.8 Å². The second-order valence-electron chi connectivity index (χ2n) is 7.73. The van der Waals surface area contributed by atoms with Crippen molar-refractivity contribution in [2.24, 2.45) is 11.8 Å². The highest BCUT2D eigenvalue weighted by Crippen LogP contribution is 2.22. The monoisotopic (exact) mass is 391 g/mol. The van der Waals surface area contributed by atoms with E-state index in [9.17, 15) is 4.79 Å². The average Bonchev–Trinajstić information content (AvgIpc) is 2.71. The quantitative estimate of drug-likeness (QED) is 0.299. The van der Waals surface area contributed by atoms with Gasteiger partial charge in [-0.15, -0.1) is 11.8 Å². The third-order valence-electron chi connectivity index (χ3n) is 5.50. The molecule has 2 atom stereocenters. The molecule has 0 aliphatic heterocycles. The summed E-state index contributed by atoms with van der Waals surface area (Å²) in [4.78, 5) is 16.5. The SMILES string of the molecule is CCCCC(CC)CN(CC(CC)CCCC)C(=O)CSc1ccccc1. The second-order valence-corrected chi connectivity index (χ2v) is 8.78. The van der Waals surface area contributed by atoms with Gasteiger partial charge >= 0.3 is 0 Å². The van der Waals surface area contributed by atoms with Crippen molar-refractivity contribution < 1.29 is 4.79 Å². The first kappa shape index (κ1) is 24.1. The summed E-state index contributed by atoms with van der Waals surface area (Å²) in [7, 11) is 0. The van der Waals surface area contributed by atoms with Gasteiger partial charge < -0.3 is 4.90 Å². The Balaban J connectivity index is 2.72. The highest BCUT2D eigenvalue weighted by atomic mass is 32.2. The number of hydrogen-bond acceptors (Lipinski definition) is 2. The Kier molecular flexibility index (Phi) is 13.4. The van der Waals surface area contributed by atoms with Gasteiger partial charge in [0.2, 0.25) is 5.91 Å². The van der Waals surface area contributed by atoms with Crippen molar-refractivity contribution in [2.45, 2.75) is 84.0 Å². The number of nitrogens with zero attached hydrogens (tertiary/aromatic N) is 1. The summed E-state index contributed by atoms with van der Waals surface area (Å²) >= 11 is 1.67. The number of thioether (sulfide) groups is 1. The maximum absolute atomic E-state index is 13.1. The molecule has 0 saturated heterocycles. The van der Waals surface area contributed by atoms with E-state index in [1.807, 2.05) is 18.2 Å². The fraction of sp³-hybridized carbons (Fsp3) is 0.708. The number of amides is 1. The first-order chi connectivity index (χ1) is 13.1. The molecule has 2 nitrogen and oxygen atoms in total. The fourth-order valence-corrected chi connectivity index (χ4v) is 4.31. The molecule has 0 heterocycles. The van der Waals surface area contributed by atoms with Crippen LogP contribution in [-0.4, -0.2) is 29.6 Å². The third kappa shape index (κ3) is 10.2. The lowest BCUT2D eigenvalue weighted by Gasteiger charge is -2.31. The molecule has 1 aromatic rings. The minimum atomic E-state index is 0.314. The molecule has 0 aliphatic carbocycles.